The van der Waals surface area contributed by atoms with Crippen LogP contribution < -0.4 is 10.9 Å². The molecule has 0 amide bonds. The lowest BCUT2D eigenvalue weighted by Crippen LogP contribution is -2.30. The highest BCUT2D eigenvalue weighted by Crippen LogP contribution is 2.41. The third-order valence-electron chi connectivity index (χ3n) is 5.90. The zero-order valence-electron chi connectivity index (χ0n) is 14.3. The summed E-state index contributed by atoms with van der Waals surface area (Å²) in [6.07, 6.45) is 0. The molecule has 0 spiro atoms. The molecular weight excluding hydrogens is 318 g/mol. The van der Waals surface area contributed by atoms with E-state index in [1.807, 2.05) is 6.07 Å². The van der Waals surface area contributed by atoms with Gasteiger partial charge in [-0.15, -0.1) is 0 Å². The number of aromatic nitrogens is 1. The predicted octanol–water partition coefficient (Wildman–Crippen LogP) is 4.72. The summed E-state index contributed by atoms with van der Waals surface area (Å²) in [6.45, 7) is 4.16. The molecule has 122 valence electrons. The molecule has 0 aliphatic heterocycles. The Hall–Kier alpha value is -3.39. The maximum absolute atomic E-state index is 12.8. The van der Waals surface area contributed by atoms with Gasteiger partial charge in [0.2, 0.25) is 0 Å². The van der Waals surface area contributed by atoms with Gasteiger partial charge in [0.1, 0.15) is 0 Å². The molecule has 6 aromatic rings. The Balaban J connectivity index is 2.11. The van der Waals surface area contributed by atoms with Crippen LogP contribution in [0.15, 0.2) is 65.5 Å². The molecule has 0 fully saturated rings. The third-order valence-corrected chi connectivity index (χ3v) is 5.90. The van der Waals surface area contributed by atoms with Gasteiger partial charge in [0.05, 0.1) is 0 Å². The molecule has 26 heavy (non-hydrogen) atoms. The maximum atomic E-state index is 12.8. The van der Waals surface area contributed by atoms with E-state index < -0.39 is 0 Å². The molecule has 2 heteroatoms. The van der Waals surface area contributed by atoms with E-state index in [1.54, 1.807) is 11.6 Å². The fourth-order valence-corrected chi connectivity index (χ4v) is 4.64. The number of hydrogen-bond acceptors (Lipinski definition) is 1. The second-order valence-electron chi connectivity index (χ2n) is 7.09. The number of hydrogen-bond donors (Lipinski definition) is 0. The van der Waals surface area contributed by atoms with E-state index in [0.717, 1.165) is 21.5 Å². The van der Waals surface area contributed by atoms with Crippen molar-refractivity contribution in [1.82, 2.24) is 4.57 Å². The van der Waals surface area contributed by atoms with Gasteiger partial charge >= 0.3 is 0 Å². The van der Waals surface area contributed by atoms with Gasteiger partial charge in [0.15, 0.2) is 0 Å². The van der Waals surface area contributed by atoms with Crippen LogP contribution in [0, 0.1) is 0 Å². The Kier molecular flexibility index (Phi) is 2.35. The first kappa shape index (κ1) is 13.9. The summed E-state index contributed by atoms with van der Waals surface area (Å²) < 4.78 is 1.65. The molecule has 0 aliphatic rings. The zero-order chi connectivity index (χ0) is 17.6. The summed E-state index contributed by atoms with van der Waals surface area (Å²) in [7, 11) is 1.79. The maximum Gasteiger partial charge on any atom is 0.258 e. The van der Waals surface area contributed by atoms with Gasteiger partial charge in [-0.2, -0.15) is 0 Å². The lowest BCUT2D eigenvalue weighted by molar-refractivity contribution is 0.849. The lowest BCUT2D eigenvalue weighted by Gasteiger charge is -2.17. The summed E-state index contributed by atoms with van der Waals surface area (Å²) in [4.78, 5) is 12.8. The SMILES string of the molecule is C=c1c2ccc3c4cccc5cccc(c6ccc(c(=O)n1C)c2c36)c54. The lowest BCUT2D eigenvalue weighted by atomic mass is 9.88. The first-order valence-corrected chi connectivity index (χ1v) is 8.76. The highest BCUT2D eigenvalue weighted by atomic mass is 16.1. The number of rotatable bonds is 0. The fourth-order valence-electron chi connectivity index (χ4n) is 4.64. The number of benzene rings is 5. The minimum absolute atomic E-state index is 0.0169. The summed E-state index contributed by atoms with van der Waals surface area (Å²) in [6, 6.07) is 21.3. The van der Waals surface area contributed by atoms with E-state index in [0.29, 0.717) is 0 Å². The molecule has 0 atom stereocenters. The van der Waals surface area contributed by atoms with E-state index in [2.05, 4.69) is 61.2 Å². The molecule has 6 rings (SSSR count). The molecule has 0 bridgehead atoms. The third kappa shape index (κ3) is 1.42. The molecule has 0 aliphatic carbocycles. The van der Waals surface area contributed by atoms with Crippen LogP contribution in [0.1, 0.15) is 0 Å². The van der Waals surface area contributed by atoms with Crippen molar-refractivity contribution in [2.24, 2.45) is 7.05 Å². The van der Waals surface area contributed by atoms with Crippen LogP contribution in [-0.4, -0.2) is 4.57 Å². The summed E-state index contributed by atoms with van der Waals surface area (Å²) >= 11 is 0. The topological polar surface area (TPSA) is 22.0 Å². The smallest absolute Gasteiger partial charge is 0.258 e. The normalized spacial score (nSPS) is 12.3. The van der Waals surface area contributed by atoms with Gasteiger partial charge in [-0.3, -0.25) is 4.79 Å². The summed E-state index contributed by atoms with van der Waals surface area (Å²) in [5.41, 5.74) is 0.0169. The molecule has 0 saturated heterocycles. The first-order valence-electron chi connectivity index (χ1n) is 8.76. The minimum Gasteiger partial charge on any atom is -0.311 e. The Morgan fingerprint density at radius 1 is 0.654 bits per heavy atom. The van der Waals surface area contributed by atoms with Crippen LogP contribution in [0.5, 0.6) is 0 Å². The fraction of sp³-hybridized carbons (Fsp3) is 0.0417. The Labute approximate surface area is 148 Å². The van der Waals surface area contributed by atoms with Crippen LogP contribution in [0.3, 0.4) is 0 Å². The largest absolute Gasteiger partial charge is 0.311 e. The van der Waals surface area contributed by atoms with Crippen molar-refractivity contribution in [3.05, 3.63) is 76.4 Å². The number of fused-ring (bicyclic) bond motifs is 2. The average Bonchev–Trinajstić information content (AvgIpc) is 2.68. The second-order valence-corrected chi connectivity index (χ2v) is 7.09. The highest BCUT2D eigenvalue weighted by molar-refractivity contribution is 6.36. The zero-order valence-corrected chi connectivity index (χ0v) is 14.3. The molecule has 0 N–H and O–H groups in total. The van der Waals surface area contributed by atoms with Crippen molar-refractivity contribution in [2.45, 2.75) is 0 Å². The van der Waals surface area contributed by atoms with Crippen molar-refractivity contribution < 1.29 is 0 Å². The van der Waals surface area contributed by atoms with E-state index >= 15 is 0 Å². The Bertz CT molecular complexity index is 1510. The van der Waals surface area contributed by atoms with Gasteiger partial charge < -0.3 is 4.57 Å². The van der Waals surface area contributed by atoms with Crippen LogP contribution >= 0.6 is 0 Å². The number of pyridine rings is 1. The van der Waals surface area contributed by atoms with E-state index in [9.17, 15) is 4.79 Å². The van der Waals surface area contributed by atoms with Crippen LogP contribution in [0.4, 0.5) is 0 Å². The predicted molar refractivity (Wildman–Crippen MR) is 111 cm³/mol. The summed E-state index contributed by atoms with van der Waals surface area (Å²) in [5, 5.41) is 12.2. The molecule has 0 unspecified atom stereocenters. The van der Waals surface area contributed by atoms with Crippen molar-refractivity contribution in [3.63, 3.8) is 0 Å². The van der Waals surface area contributed by atoms with E-state index in [-0.39, 0.29) is 5.56 Å². The van der Waals surface area contributed by atoms with Crippen molar-refractivity contribution in [3.8, 4) is 0 Å². The Morgan fingerprint density at radius 3 is 1.81 bits per heavy atom. The van der Waals surface area contributed by atoms with Gasteiger partial charge in [-0.05, 0) is 43.8 Å². The van der Waals surface area contributed by atoms with Crippen molar-refractivity contribution >= 4 is 60.4 Å². The molecule has 0 saturated carbocycles. The van der Waals surface area contributed by atoms with Crippen molar-refractivity contribution in [1.29, 1.82) is 0 Å². The van der Waals surface area contributed by atoms with Crippen LogP contribution in [-0.2, 0) is 7.05 Å². The molecule has 2 nitrogen and oxygen atoms in total. The molecule has 0 radical (unpaired) electrons. The van der Waals surface area contributed by atoms with E-state index in [4.69, 9.17) is 0 Å². The minimum atomic E-state index is 0.0169. The van der Waals surface area contributed by atoms with Gasteiger partial charge in [0.25, 0.3) is 5.56 Å². The quantitative estimate of drug-likeness (QED) is 0.291. The van der Waals surface area contributed by atoms with Crippen LogP contribution in [0.2, 0.25) is 0 Å². The standard InChI is InChI=1S/C24H15NO/c1-13-15-9-10-18-16-7-3-5-14-6-4-8-17(21(14)16)19-11-12-20(22(15)23(18)19)24(26)25(13)2/h3-12H,1H2,2H3. The van der Waals surface area contributed by atoms with Crippen molar-refractivity contribution in [2.75, 3.05) is 0 Å². The highest BCUT2D eigenvalue weighted by Gasteiger charge is 2.17. The molecular formula is C24H15NO. The van der Waals surface area contributed by atoms with Gasteiger partial charge in [-0.25, -0.2) is 0 Å². The van der Waals surface area contributed by atoms with Gasteiger partial charge in [0, 0.05) is 28.6 Å². The average molecular weight is 333 g/mol. The van der Waals surface area contributed by atoms with Gasteiger partial charge in [-0.1, -0.05) is 61.2 Å². The molecule has 1 aromatic heterocycles. The second kappa shape index (κ2) is 4.41. The molecule has 1 heterocycles. The molecule has 5 aromatic carbocycles. The first-order chi connectivity index (χ1) is 12.7. The number of nitrogens with zero attached hydrogens (tertiary/aromatic N) is 1. The Morgan fingerprint density at radius 2 is 1.15 bits per heavy atom. The summed E-state index contributed by atoms with van der Waals surface area (Å²) in [5.74, 6) is 0. The van der Waals surface area contributed by atoms with E-state index in [1.165, 1.54) is 37.7 Å². The monoisotopic (exact) mass is 333 g/mol. The van der Waals surface area contributed by atoms with Crippen LogP contribution in [0.25, 0.3) is 60.4 Å².